The van der Waals surface area contributed by atoms with Gasteiger partial charge >= 0.3 is 6.09 Å². The molecule has 0 aromatic heterocycles. The molecule has 2 aromatic carbocycles. The molecule has 3 rings (SSSR count). The summed E-state index contributed by atoms with van der Waals surface area (Å²) in [4.78, 5) is 13.3. The maximum absolute atomic E-state index is 11.9. The standard InChI is InChI=1S/C18H18Cl2N2O2/c19-14-7-13(8-15(20)9-14)16-3-1-2-4-17(16)22(18(23)24)11-12-5-6-21-10-12/h1-4,7-9,12,21H,5-6,10-11H2,(H,23,24)/t12-/m1/s1. The fourth-order valence-corrected chi connectivity index (χ4v) is 3.60. The molecule has 0 radical (unpaired) electrons. The molecule has 1 aliphatic heterocycles. The summed E-state index contributed by atoms with van der Waals surface area (Å²) in [5.74, 6) is 0.317. The van der Waals surface area contributed by atoms with Crippen molar-refractivity contribution in [1.82, 2.24) is 5.32 Å². The number of hydrogen-bond acceptors (Lipinski definition) is 2. The fourth-order valence-electron chi connectivity index (χ4n) is 3.07. The summed E-state index contributed by atoms with van der Waals surface area (Å²) in [5, 5.41) is 14.0. The van der Waals surface area contributed by atoms with Gasteiger partial charge in [0.1, 0.15) is 0 Å². The van der Waals surface area contributed by atoms with E-state index in [2.05, 4.69) is 5.32 Å². The predicted molar refractivity (Wildman–Crippen MR) is 98.2 cm³/mol. The molecule has 2 N–H and O–H groups in total. The number of carboxylic acid groups (broad SMARTS) is 1. The Morgan fingerprint density at radius 1 is 1.21 bits per heavy atom. The van der Waals surface area contributed by atoms with Gasteiger partial charge in [0.05, 0.1) is 5.69 Å². The van der Waals surface area contributed by atoms with Gasteiger partial charge in [-0.3, -0.25) is 4.90 Å². The molecular weight excluding hydrogens is 347 g/mol. The Bertz CT molecular complexity index is 725. The zero-order valence-corrected chi connectivity index (χ0v) is 14.5. The van der Waals surface area contributed by atoms with E-state index >= 15 is 0 Å². The number of nitrogens with one attached hydrogen (secondary N) is 1. The van der Waals surface area contributed by atoms with E-state index in [0.29, 0.717) is 28.2 Å². The number of amides is 1. The van der Waals surface area contributed by atoms with Crippen LogP contribution in [0.4, 0.5) is 10.5 Å². The van der Waals surface area contributed by atoms with Crippen molar-refractivity contribution in [2.45, 2.75) is 6.42 Å². The Morgan fingerprint density at radius 2 is 1.92 bits per heavy atom. The molecule has 1 saturated heterocycles. The zero-order chi connectivity index (χ0) is 17.1. The second kappa shape index (κ2) is 7.43. The Labute approximate surface area is 151 Å². The van der Waals surface area contributed by atoms with Crippen LogP contribution in [0.3, 0.4) is 0 Å². The first-order valence-electron chi connectivity index (χ1n) is 7.81. The van der Waals surface area contributed by atoms with Crippen LogP contribution in [0.5, 0.6) is 0 Å². The molecule has 1 aliphatic rings. The van der Waals surface area contributed by atoms with E-state index in [1.807, 2.05) is 24.3 Å². The topological polar surface area (TPSA) is 52.6 Å². The van der Waals surface area contributed by atoms with Crippen LogP contribution in [0.15, 0.2) is 42.5 Å². The van der Waals surface area contributed by atoms with Gasteiger partial charge in [-0.05, 0) is 55.3 Å². The van der Waals surface area contributed by atoms with Gasteiger partial charge in [-0.15, -0.1) is 0 Å². The molecule has 6 heteroatoms. The lowest BCUT2D eigenvalue weighted by Gasteiger charge is -2.25. The maximum Gasteiger partial charge on any atom is 0.411 e. The summed E-state index contributed by atoms with van der Waals surface area (Å²) in [6, 6.07) is 12.7. The molecule has 126 valence electrons. The van der Waals surface area contributed by atoms with Crippen LogP contribution in [0.25, 0.3) is 11.1 Å². The zero-order valence-electron chi connectivity index (χ0n) is 13.0. The second-order valence-corrected chi connectivity index (χ2v) is 6.80. The molecular formula is C18H18Cl2N2O2. The van der Waals surface area contributed by atoms with E-state index in [1.165, 1.54) is 4.90 Å². The van der Waals surface area contributed by atoms with Crippen LogP contribution in [0, 0.1) is 5.92 Å². The third-order valence-electron chi connectivity index (χ3n) is 4.20. The van der Waals surface area contributed by atoms with Crippen molar-refractivity contribution < 1.29 is 9.90 Å². The van der Waals surface area contributed by atoms with Crippen LogP contribution >= 0.6 is 23.2 Å². The molecule has 24 heavy (non-hydrogen) atoms. The van der Waals surface area contributed by atoms with Crippen LogP contribution < -0.4 is 10.2 Å². The fraction of sp³-hybridized carbons (Fsp3) is 0.278. The van der Waals surface area contributed by atoms with Gasteiger partial charge in [-0.25, -0.2) is 4.79 Å². The number of nitrogens with zero attached hydrogens (tertiary/aromatic N) is 1. The lowest BCUT2D eigenvalue weighted by Crippen LogP contribution is -2.35. The average Bonchev–Trinajstić information content (AvgIpc) is 3.04. The second-order valence-electron chi connectivity index (χ2n) is 5.93. The third kappa shape index (κ3) is 3.83. The van der Waals surface area contributed by atoms with Gasteiger partial charge in [0.25, 0.3) is 0 Å². The first-order valence-corrected chi connectivity index (χ1v) is 8.57. The van der Waals surface area contributed by atoms with Crippen LogP contribution in [-0.2, 0) is 0 Å². The lowest BCUT2D eigenvalue weighted by atomic mass is 10.0. The molecule has 0 bridgehead atoms. The van der Waals surface area contributed by atoms with E-state index in [1.54, 1.807) is 18.2 Å². The molecule has 4 nitrogen and oxygen atoms in total. The van der Waals surface area contributed by atoms with E-state index in [9.17, 15) is 9.90 Å². The largest absolute Gasteiger partial charge is 0.465 e. The van der Waals surface area contributed by atoms with E-state index < -0.39 is 6.09 Å². The van der Waals surface area contributed by atoms with Gasteiger partial charge in [-0.1, -0.05) is 41.4 Å². The molecule has 0 saturated carbocycles. The Morgan fingerprint density at radius 3 is 2.54 bits per heavy atom. The van der Waals surface area contributed by atoms with Crippen molar-refractivity contribution in [3.8, 4) is 11.1 Å². The van der Waals surface area contributed by atoms with Crippen molar-refractivity contribution in [3.05, 3.63) is 52.5 Å². The van der Waals surface area contributed by atoms with E-state index in [4.69, 9.17) is 23.2 Å². The summed E-state index contributed by atoms with van der Waals surface area (Å²) in [7, 11) is 0. The highest BCUT2D eigenvalue weighted by Gasteiger charge is 2.24. The summed E-state index contributed by atoms with van der Waals surface area (Å²) >= 11 is 12.2. The van der Waals surface area contributed by atoms with Crippen molar-refractivity contribution >= 4 is 35.0 Å². The van der Waals surface area contributed by atoms with Crippen LogP contribution in [-0.4, -0.2) is 30.8 Å². The molecule has 1 fully saturated rings. The number of halogens is 2. The molecule has 1 heterocycles. The summed E-state index contributed by atoms with van der Waals surface area (Å²) in [6.07, 6.45) is 0.0250. The number of carbonyl (C=O) groups is 1. The molecule has 0 unspecified atom stereocenters. The minimum absolute atomic E-state index is 0.317. The summed E-state index contributed by atoms with van der Waals surface area (Å²) in [6.45, 7) is 2.24. The van der Waals surface area contributed by atoms with E-state index in [-0.39, 0.29) is 0 Å². The van der Waals surface area contributed by atoms with Gasteiger partial charge in [0, 0.05) is 22.2 Å². The maximum atomic E-state index is 11.9. The van der Waals surface area contributed by atoms with Crippen molar-refractivity contribution in [3.63, 3.8) is 0 Å². The highest BCUT2D eigenvalue weighted by molar-refractivity contribution is 6.35. The smallest absolute Gasteiger partial charge is 0.411 e. The van der Waals surface area contributed by atoms with Gasteiger partial charge in [-0.2, -0.15) is 0 Å². The van der Waals surface area contributed by atoms with Gasteiger partial charge in [0.15, 0.2) is 0 Å². The first-order chi connectivity index (χ1) is 11.5. The lowest BCUT2D eigenvalue weighted by molar-refractivity contribution is 0.200. The Kier molecular flexibility index (Phi) is 5.29. The molecule has 0 aliphatic carbocycles. The Hall–Kier alpha value is -1.75. The highest BCUT2D eigenvalue weighted by atomic mass is 35.5. The monoisotopic (exact) mass is 364 g/mol. The van der Waals surface area contributed by atoms with Gasteiger partial charge in [0.2, 0.25) is 0 Å². The number of benzene rings is 2. The predicted octanol–water partition coefficient (Wildman–Crippen LogP) is 4.75. The molecule has 1 atom stereocenters. The SMILES string of the molecule is O=C(O)N(C[C@@H]1CCNC1)c1ccccc1-c1cc(Cl)cc(Cl)c1. The van der Waals surface area contributed by atoms with Crippen molar-refractivity contribution in [1.29, 1.82) is 0 Å². The molecule has 0 spiro atoms. The molecule has 1 amide bonds. The molecule has 2 aromatic rings. The van der Waals surface area contributed by atoms with Crippen LogP contribution in [0.2, 0.25) is 10.0 Å². The van der Waals surface area contributed by atoms with Gasteiger partial charge < -0.3 is 10.4 Å². The minimum atomic E-state index is -0.956. The number of rotatable bonds is 4. The first kappa shape index (κ1) is 17.1. The number of para-hydroxylation sites is 1. The number of hydrogen-bond donors (Lipinski definition) is 2. The summed E-state index contributed by atoms with van der Waals surface area (Å²) < 4.78 is 0. The average molecular weight is 365 g/mol. The van der Waals surface area contributed by atoms with E-state index in [0.717, 1.165) is 30.6 Å². The number of anilines is 1. The normalized spacial score (nSPS) is 17.0. The summed E-state index contributed by atoms with van der Waals surface area (Å²) in [5.41, 5.74) is 2.25. The Balaban J connectivity index is 2.01. The quantitative estimate of drug-likeness (QED) is 0.822. The van der Waals surface area contributed by atoms with Crippen LogP contribution in [0.1, 0.15) is 6.42 Å². The highest BCUT2D eigenvalue weighted by Crippen LogP contribution is 2.34. The minimum Gasteiger partial charge on any atom is -0.465 e. The van der Waals surface area contributed by atoms with Crippen molar-refractivity contribution in [2.75, 3.05) is 24.5 Å². The third-order valence-corrected chi connectivity index (χ3v) is 4.64. The van der Waals surface area contributed by atoms with Crippen molar-refractivity contribution in [2.24, 2.45) is 5.92 Å².